The Bertz CT molecular complexity index is 566. The summed E-state index contributed by atoms with van der Waals surface area (Å²) in [6.45, 7) is 6.66. The van der Waals surface area contributed by atoms with E-state index in [1.54, 1.807) is 0 Å². The summed E-state index contributed by atoms with van der Waals surface area (Å²) < 4.78 is 8.29. The summed E-state index contributed by atoms with van der Waals surface area (Å²) in [6.07, 6.45) is 0. The molecule has 0 aliphatic heterocycles. The maximum absolute atomic E-state index is 5.69. The zero-order valence-corrected chi connectivity index (χ0v) is 11.6. The zero-order valence-electron chi connectivity index (χ0n) is 10.8. The lowest BCUT2D eigenvalue weighted by Crippen LogP contribution is -2.25. The third-order valence-corrected chi connectivity index (χ3v) is 2.80. The van der Waals surface area contributed by atoms with Gasteiger partial charge in [-0.3, -0.25) is 9.67 Å². The van der Waals surface area contributed by atoms with Crippen LogP contribution in [0.4, 0.5) is 0 Å². The number of para-hydroxylation sites is 1. The van der Waals surface area contributed by atoms with Gasteiger partial charge < -0.3 is 4.74 Å². The molecule has 0 saturated heterocycles. The molecular weight excluding hydrogens is 246 g/mol. The summed E-state index contributed by atoms with van der Waals surface area (Å²) in [5.74, 6) is 1.63. The molecule has 96 valence electrons. The van der Waals surface area contributed by atoms with E-state index in [0.29, 0.717) is 11.4 Å². The number of nitrogens with zero attached hydrogens (tertiary/aromatic N) is 2. The largest absolute Gasteiger partial charge is 0.486 e. The molecule has 0 aliphatic rings. The quantitative estimate of drug-likeness (QED) is 0.864. The lowest BCUT2D eigenvalue weighted by atomic mass is 10.1. The molecule has 0 fully saturated rings. The van der Waals surface area contributed by atoms with Gasteiger partial charge in [-0.25, -0.2) is 0 Å². The van der Waals surface area contributed by atoms with Gasteiger partial charge in [-0.1, -0.05) is 18.2 Å². The first kappa shape index (κ1) is 12.8. The fourth-order valence-electron chi connectivity index (χ4n) is 1.78. The van der Waals surface area contributed by atoms with Gasteiger partial charge in [0.2, 0.25) is 0 Å². The van der Waals surface area contributed by atoms with Crippen LogP contribution in [0.15, 0.2) is 30.3 Å². The Hall–Kier alpha value is -1.62. The van der Waals surface area contributed by atoms with Gasteiger partial charge in [0.25, 0.3) is 0 Å². The van der Waals surface area contributed by atoms with Crippen LogP contribution in [0.3, 0.4) is 0 Å². The van der Waals surface area contributed by atoms with E-state index in [4.69, 9.17) is 17.0 Å². The van der Waals surface area contributed by atoms with Crippen LogP contribution >= 0.6 is 12.2 Å². The molecule has 4 nitrogen and oxygen atoms in total. The highest BCUT2D eigenvalue weighted by molar-refractivity contribution is 7.71. The minimum atomic E-state index is -0.112. The van der Waals surface area contributed by atoms with Gasteiger partial charge in [-0.15, -0.1) is 0 Å². The monoisotopic (exact) mass is 263 g/mol. The van der Waals surface area contributed by atoms with Crippen LogP contribution in [0.1, 0.15) is 26.6 Å². The maximum atomic E-state index is 5.69. The predicted octanol–water partition coefficient (Wildman–Crippen LogP) is 3.27. The first-order valence-corrected chi connectivity index (χ1v) is 6.24. The summed E-state index contributed by atoms with van der Waals surface area (Å²) in [6, 6.07) is 9.68. The van der Waals surface area contributed by atoms with Gasteiger partial charge in [0, 0.05) is 5.54 Å². The third-order valence-electron chi connectivity index (χ3n) is 2.52. The molecule has 0 atom stereocenters. The Balaban J connectivity index is 2.18. The number of H-pyrrole nitrogens is 1. The van der Waals surface area contributed by atoms with E-state index in [9.17, 15) is 0 Å². The van der Waals surface area contributed by atoms with Crippen molar-refractivity contribution in [2.45, 2.75) is 32.9 Å². The van der Waals surface area contributed by atoms with Crippen LogP contribution in [0, 0.1) is 4.77 Å². The topological polar surface area (TPSA) is 42.8 Å². The lowest BCUT2D eigenvalue weighted by molar-refractivity contribution is 0.270. The number of nitrogens with one attached hydrogen (secondary N) is 1. The van der Waals surface area contributed by atoms with E-state index in [1.165, 1.54) is 0 Å². The molecule has 0 radical (unpaired) electrons. The van der Waals surface area contributed by atoms with Crippen molar-refractivity contribution < 1.29 is 4.74 Å². The van der Waals surface area contributed by atoms with Gasteiger partial charge in [-0.2, -0.15) is 5.10 Å². The highest BCUT2D eigenvalue weighted by atomic mass is 32.1. The fourth-order valence-corrected chi connectivity index (χ4v) is 2.21. The van der Waals surface area contributed by atoms with Crippen LogP contribution in [0.25, 0.3) is 0 Å². The van der Waals surface area contributed by atoms with Crippen molar-refractivity contribution in [2.24, 2.45) is 0 Å². The molecule has 0 amide bonds. The molecular formula is C13H17N3OS. The maximum Gasteiger partial charge on any atom is 0.195 e. The highest BCUT2D eigenvalue weighted by Crippen LogP contribution is 2.18. The molecule has 2 aromatic rings. The van der Waals surface area contributed by atoms with Crippen molar-refractivity contribution in [1.29, 1.82) is 0 Å². The number of aromatic amines is 1. The number of hydrogen-bond acceptors (Lipinski definition) is 3. The second-order valence-electron chi connectivity index (χ2n) is 5.05. The van der Waals surface area contributed by atoms with Crippen molar-refractivity contribution in [1.82, 2.24) is 14.8 Å². The van der Waals surface area contributed by atoms with Crippen molar-refractivity contribution in [3.05, 3.63) is 40.9 Å². The van der Waals surface area contributed by atoms with Crippen molar-refractivity contribution in [3.8, 4) is 5.75 Å². The van der Waals surface area contributed by atoms with Crippen LogP contribution in [0.2, 0.25) is 0 Å². The molecule has 1 aromatic heterocycles. The average molecular weight is 263 g/mol. The van der Waals surface area contributed by atoms with Gasteiger partial charge in [0.1, 0.15) is 12.4 Å². The fraction of sp³-hybridized carbons (Fsp3) is 0.385. The van der Waals surface area contributed by atoms with Crippen LogP contribution in [-0.4, -0.2) is 14.8 Å². The molecule has 1 aromatic carbocycles. The van der Waals surface area contributed by atoms with Crippen LogP contribution < -0.4 is 4.74 Å². The minimum Gasteiger partial charge on any atom is -0.486 e. The Kier molecular flexibility index (Phi) is 3.52. The van der Waals surface area contributed by atoms with E-state index in [1.807, 2.05) is 34.9 Å². The summed E-state index contributed by atoms with van der Waals surface area (Å²) in [5.41, 5.74) is -0.112. The van der Waals surface area contributed by atoms with Crippen molar-refractivity contribution >= 4 is 12.2 Å². The predicted molar refractivity (Wildman–Crippen MR) is 73.2 cm³/mol. The Morgan fingerprint density at radius 3 is 2.56 bits per heavy atom. The van der Waals surface area contributed by atoms with Crippen LogP contribution in [-0.2, 0) is 12.1 Å². The molecule has 0 aliphatic carbocycles. The molecule has 0 unspecified atom stereocenters. The SMILES string of the molecule is CC(C)(C)n1c(COc2ccccc2)n[nH]c1=S. The normalized spacial score (nSPS) is 11.5. The second kappa shape index (κ2) is 4.94. The van der Waals surface area contributed by atoms with E-state index in [0.717, 1.165) is 11.6 Å². The molecule has 2 rings (SSSR count). The molecule has 1 N–H and O–H groups in total. The number of aromatic nitrogens is 3. The number of benzene rings is 1. The zero-order chi connectivity index (χ0) is 13.2. The van der Waals surface area contributed by atoms with E-state index in [-0.39, 0.29) is 5.54 Å². The Morgan fingerprint density at radius 2 is 1.94 bits per heavy atom. The Labute approximate surface area is 112 Å². The Morgan fingerprint density at radius 1 is 1.28 bits per heavy atom. The average Bonchev–Trinajstić information content (AvgIpc) is 2.69. The second-order valence-corrected chi connectivity index (χ2v) is 5.44. The summed E-state index contributed by atoms with van der Waals surface area (Å²) in [4.78, 5) is 0. The summed E-state index contributed by atoms with van der Waals surface area (Å²) >= 11 is 5.24. The molecule has 1 heterocycles. The molecule has 0 bridgehead atoms. The summed E-state index contributed by atoms with van der Waals surface area (Å²) in [5, 5.41) is 7.03. The molecule has 0 spiro atoms. The summed E-state index contributed by atoms with van der Waals surface area (Å²) in [7, 11) is 0. The standard InChI is InChI=1S/C13H17N3OS/c1-13(2,3)16-11(14-15-12(16)18)9-17-10-7-5-4-6-8-10/h4-8H,9H2,1-3H3,(H,15,18). The lowest BCUT2D eigenvalue weighted by Gasteiger charge is -2.22. The van der Waals surface area contributed by atoms with E-state index in [2.05, 4.69) is 31.0 Å². The molecule has 5 heteroatoms. The van der Waals surface area contributed by atoms with Gasteiger partial charge in [0.15, 0.2) is 10.6 Å². The number of hydrogen-bond donors (Lipinski definition) is 1. The smallest absolute Gasteiger partial charge is 0.195 e. The van der Waals surface area contributed by atoms with E-state index < -0.39 is 0 Å². The minimum absolute atomic E-state index is 0.112. The van der Waals surface area contributed by atoms with Crippen molar-refractivity contribution in [3.63, 3.8) is 0 Å². The highest BCUT2D eigenvalue weighted by Gasteiger charge is 2.19. The number of ether oxygens (including phenoxy) is 1. The van der Waals surface area contributed by atoms with Crippen molar-refractivity contribution in [2.75, 3.05) is 0 Å². The van der Waals surface area contributed by atoms with Crippen LogP contribution in [0.5, 0.6) is 5.75 Å². The van der Waals surface area contributed by atoms with E-state index >= 15 is 0 Å². The van der Waals surface area contributed by atoms with Gasteiger partial charge >= 0.3 is 0 Å². The number of rotatable bonds is 3. The van der Waals surface area contributed by atoms with Gasteiger partial charge in [0.05, 0.1) is 0 Å². The molecule has 0 saturated carbocycles. The molecule has 18 heavy (non-hydrogen) atoms. The first-order chi connectivity index (χ1) is 8.48. The van der Waals surface area contributed by atoms with Gasteiger partial charge in [-0.05, 0) is 45.1 Å². The first-order valence-electron chi connectivity index (χ1n) is 5.83. The third kappa shape index (κ3) is 2.79.